The van der Waals surface area contributed by atoms with Gasteiger partial charge in [0.1, 0.15) is 5.78 Å². The average Bonchev–Trinajstić information content (AvgIpc) is 2.88. The molecule has 3 rings (SSSR count). The van der Waals surface area contributed by atoms with Gasteiger partial charge in [-0.05, 0) is 54.0 Å². The van der Waals surface area contributed by atoms with Crippen LogP contribution in [-0.4, -0.2) is 5.78 Å². The minimum absolute atomic E-state index is 0.289. The zero-order valence-electron chi connectivity index (χ0n) is 13.1. The van der Waals surface area contributed by atoms with Crippen LogP contribution in [0.15, 0.2) is 42.5 Å². The maximum Gasteiger partial charge on any atom is 0.140 e. The summed E-state index contributed by atoms with van der Waals surface area (Å²) < 4.78 is 0. The summed E-state index contributed by atoms with van der Waals surface area (Å²) in [5.41, 5.74) is 6.30. The van der Waals surface area contributed by atoms with Gasteiger partial charge < -0.3 is 0 Å². The van der Waals surface area contributed by atoms with Crippen LogP contribution < -0.4 is 0 Å². The van der Waals surface area contributed by atoms with Crippen LogP contribution in [0.1, 0.15) is 50.3 Å². The highest BCUT2D eigenvalue weighted by Gasteiger charge is 2.37. The van der Waals surface area contributed by atoms with E-state index < -0.39 is 0 Å². The lowest BCUT2D eigenvalue weighted by molar-refractivity contribution is -0.122. The summed E-state index contributed by atoms with van der Waals surface area (Å²) in [6, 6.07) is 15.1. The van der Waals surface area contributed by atoms with E-state index >= 15 is 0 Å². The van der Waals surface area contributed by atoms with E-state index in [4.69, 9.17) is 0 Å². The third kappa shape index (κ3) is 1.95. The first kappa shape index (κ1) is 14.1. The highest BCUT2D eigenvalue weighted by Crippen LogP contribution is 2.44. The van der Waals surface area contributed by atoms with E-state index in [0.717, 1.165) is 19.3 Å². The summed E-state index contributed by atoms with van der Waals surface area (Å²) in [5.74, 6) is 0.289. The van der Waals surface area contributed by atoms with E-state index in [1.807, 2.05) is 0 Å². The van der Waals surface area contributed by atoms with Crippen LogP contribution in [0.4, 0.5) is 0 Å². The molecule has 1 nitrogen and oxygen atoms in total. The quantitative estimate of drug-likeness (QED) is 0.663. The average molecular weight is 278 g/mol. The lowest BCUT2D eigenvalue weighted by atomic mass is 9.70. The Balaban J connectivity index is 2.23. The van der Waals surface area contributed by atoms with Crippen molar-refractivity contribution in [3.63, 3.8) is 0 Å². The summed E-state index contributed by atoms with van der Waals surface area (Å²) >= 11 is 0. The normalized spacial score (nSPS) is 12.9. The molecule has 1 aliphatic carbocycles. The van der Waals surface area contributed by atoms with E-state index in [0.29, 0.717) is 0 Å². The van der Waals surface area contributed by atoms with Crippen molar-refractivity contribution >= 4 is 5.78 Å². The van der Waals surface area contributed by atoms with Gasteiger partial charge in [0.2, 0.25) is 0 Å². The molecule has 0 saturated heterocycles. The highest BCUT2D eigenvalue weighted by molar-refractivity contribution is 5.90. The monoisotopic (exact) mass is 278 g/mol. The minimum atomic E-state index is -0.326. The first-order valence-electron chi connectivity index (χ1n) is 7.85. The number of fused-ring (bicyclic) bond motifs is 3. The molecule has 1 aliphatic rings. The van der Waals surface area contributed by atoms with Crippen LogP contribution in [0.3, 0.4) is 0 Å². The van der Waals surface area contributed by atoms with E-state index in [9.17, 15) is 4.79 Å². The van der Waals surface area contributed by atoms with Crippen LogP contribution in [0.2, 0.25) is 0 Å². The SMILES string of the molecule is CCC(CC)(C(C)=O)c1cccc2c1Cc1ccccc1-2. The molecule has 0 aromatic heterocycles. The van der Waals surface area contributed by atoms with Crippen molar-refractivity contribution in [2.45, 2.75) is 45.4 Å². The highest BCUT2D eigenvalue weighted by atomic mass is 16.1. The van der Waals surface area contributed by atoms with Crippen molar-refractivity contribution in [3.05, 3.63) is 59.2 Å². The molecule has 0 amide bonds. The molecule has 2 aromatic rings. The Hall–Kier alpha value is -1.89. The fourth-order valence-electron chi connectivity index (χ4n) is 3.92. The second kappa shape index (κ2) is 5.14. The smallest absolute Gasteiger partial charge is 0.140 e. The maximum atomic E-state index is 12.4. The van der Waals surface area contributed by atoms with Crippen molar-refractivity contribution in [1.29, 1.82) is 0 Å². The number of rotatable bonds is 4. The van der Waals surface area contributed by atoms with Crippen LogP contribution in [0, 0.1) is 0 Å². The number of carbonyl (C=O) groups excluding carboxylic acids is 1. The standard InChI is InChI=1S/C20H22O/c1-4-20(5-2,14(3)21)19-12-8-11-17-16-10-7-6-9-15(16)13-18(17)19/h6-12H,4-5,13H2,1-3H3. The van der Waals surface area contributed by atoms with E-state index in [1.54, 1.807) is 6.92 Å². The van der Waals surface area contributed by atoms with Gasteiger partial charge >= 0.3 is 0 Å². The maximum absolute atomic E-state index is 12.4. The third-order valence-corrected chi connectivity index (χ3v) is 5.25. The van der Waals surface area contributed by atoms with Gasteiger partial charge in [0.05, 0.1) is 5.41 Å². The molecule has 0 atom stereocenters. The summed E-state index contributed by atoms with van der Waals surface area (Å²) in [6.07, 6.45) is 2.69. The molecule has 0 bridgehead atoms. The Bertz CT molecular complexity index is 693. The second-order valence-corrected chi connectivity index (χ2v) is 6.01. The van der Waals surface area contributed by atoms with Gasteiger partial charge in [-0.25, -0.2) is 0 Å². The van der Waals surface area contributed by atoms with E-state index in [1.165, 1.54) is 27.8 Å². The molecule has 21 heavy (non-hydrogen) atoms. The summed E-state index contributed by atoms with van der Waals surface area (Å²) in [5, 5.41) is 0. The molecule has 0 heterocycles. The van der Waals surface area contributed by atoms with Crippen LogP contribution in [0.25, 0.3) is 11.1 Å². The zero-order valence-corrected chi connectivity index (χ0v) is 13.1. The van der Waals surface area contributed by atoms with Gasteiger partial charge in [-0.15, -0.1) is 0 Å². The molecule has 0 aliphatic heterocycles. The van der Waals surface area contributed by atoms with Crippen LogP contribution in [0.5, 0.6) is 0 Å². The number of hydrogen-bond acceptors (Lipinski definition) is 1. The molecule has 0 fully saturated rings. The Morgan fingerprint density at radius 2 is 1.67 bits per heavy atom. The number of hydrogen-bond donors (Lipinski definition) is 0. The molecule has 1 heteroatoms. The molecule has 108 valence electrons. The Labute approximate surface area is 127 Å². The summed E-state index contributed by atoms with van der Waals surface area (Å²) in [6.45, 7) is 6.01. The van der Waals surface area contributed by atoms with Crippen molar-refractivity contribution in [1.82, 2.24) is 0 Å². The van der Waals surface area contributed by atoms with E-state index in [2.05, 4.69) is 56.3 Å². The molecule has 0 saturated carbocycles. The van der Waals surface area contributed by atoms with Gasteiger partial charge in [0, 0.05) is 0 Å². The Morgan fingerprint density at radius 3 is 2.33 bits per heavy atom. The first-order chi connectivity index (χ1) is 10.1. The van der Waals surface area contributed by atoms with Gasteiger partial charge in [0.15, 0.2) is 0 Å². The first-order valence-corrected chi connectivity index (χ1v) is 7.85. The fraction of sp³-hybridized carbons (Fsp3) is 0.350. The lowest BCUT2D eigenvalue weighted by Crippen LogP contribution is -2.33. The minimum Gasteiger partial charge on any atom is -0.299 e. The molecule has 2 aromatic carbocycles. The second-order valence-electron chi connectivity index (χ2n) is 6.01. The molecule has 0 N–H and O–H groups in total. The molecular weight excluding hydrogens is 256 g/mol. The lowest BCUT2D eigenvalue weighted by Gasteiger charge is -2.31. The van der Waals surface area contributed by atoms with Crippen molar-refractivity contribution in [2.24, 2.45) is 0 Å². The number of ketones is 1. The molecule has 0 radical (unpaired) electrons. The summed E-state index contributed by atoms with van der Waals surface area (Å²) in [4.78, 5) is 12.4. The number of Topliss-reactive ketones (excluding diaryl/α,β-unsaturated/α-hetero) is 1. The Morgan fingerprint density at radius 1 is 1.00 bits per heavy atom. The predicted molar refractivity (Wildman–Crippen MR) is 87.6 cm³/mol. The van der Waals surface area contributed by atoms with Crippen molar-refractivity contribution in [3.8, 4) is 11.1 Å². The number of carbonyl (C=O) groups is 1. The van der Waals surface area contributed by atoms with Crippen LogP contribution >= 0.6 is 0 Å². The largest absolute Gasteiger partial charge is 0.299 e. The van der Waals surface area contributed by atoms with Gasteiger partial charge in [-0.1, -0.05) is 56.3 Å². The van der Waals surface area contributed by atoms with Gasteiger partial charge in [0.25, 0.3) is 0 Å². The van der Waals surface area contributed by atoms with E-state index in [-0.39, 0.29) is 11.2 Å². The number of benzene rings is 2. The van der Waals surface area contributed by atoms with Gasteiger partial charge in [-0.3, -0.25) is 4.79 Å². The predicted octanol–water partition coefficient (Wildman–Crippen LogP) is 4.90. The van der Waals surface area contributed by atoms with Crippen molar-refractivity contribution < 1.29 is 4.79 Å². The van der Waals surface area contributed by atoms with Gasteiger partial charge in [-0.2, -0.15) is 0 Å². The Kier molecular flexibility index (Phi) is 3.44. The topological polar surface area (TPSA) is 17.1 Å². The van der Waals surface area contributed by atoms with Crippen molar-refractivity contribution in [2.75, 3.05) is 0 Å². The zero-order chi connectivity index (χ0) is 15.0. The molecule has 0 unspecified atom stereocenters. The fourth-order valence-corrected chi connectivity index (χ4v) is 3.92. The molecule has 0 spiro atoms. The third-order valence-electron chi connectivity index (χ3n) is 5.25. The summed E-state index contributed by atoms with van der Waals surface area (Å²) in [7, 11) is 0. The molecular formula is C20H22O. The van der Waals surface area contributed by atoms with Crippen LogP contribution in [-0.2, 0) is 16.6 Å².